The third kappa shape index (κ3) is 3.95. The first-order valence-electron chi connectivity index (χ1n) is 7.05. The molecule has 1 aliphatic heterocycles. The molecule has 3 N–H and O–H groups in total. The molecule has 1 amide bonds. The number of rotatable bonds is 6. The molecule has 1 aromatic carbocycles. The van der Waals surface area contributed by atoms with Crippen LogP contribution in [0.15, 0.2) is 30.3 Å². The molecule has 0 aromatic heterocycles. The number of hydrogen-bond donors (Lipinski definition) is 2. The van der Waals surface area contributed by atoms with Crippen molar-refractivity contribution in [3.63, 3.8) is 0 Å². The van der Waals surface area contributed by atoms with Crippen LogP contribution in [0.2, 0.25) is 0 Å². The molecule has 0 bridgehead atoms. The zero-order valence-corrected chi connectivity index (χ0v) is 11.9. The molecule has 1 aromatic rings. The van der Waals surface area contributed by atoms with E-state index in [2.05, 4.69) is 29.4 Å². The van der Waals surface area contributed by atoms with Crippen LogP contribution < -0.4 is 16.0 Å². The lowest BCUT2D eigenvalue weighted by atomic mass is 10.0. The van der Waals surface area contributed by atoms with Gasteiger partial charge in [-0.3, -0.25) is 4.79 Å². The number of hydrogen-bond acceptors (Lipinski definition) is 4. The van der Waals surface area contributed by atoms with Gasteiger partial charge in [-0.1, -0.05) is 18.2 Å². The van der Waals surface area contributed by atoms with Crippen molar-refractivity contribution in [1.29, 1.82) is 0 Å². The SMILES string of the molecule is CN(CCCNC(=O)C1COCC1N)c1ccccc1. The highest BCUT2D eigenvalue weighted by atomic mass is 16.5. The molecule has 0 radical (unpaired) electrons. The first-order chi connectivity index (χ1) is 9.68. The number of benzene rings is 1. The summed E-state index contributed by atoms with van der Waals surface area (Å²) in [5, 5.41) is 2.94. The fourth-order valence-electron chi connectivity index (χ4n) is 2.31. The minimum Gasteiger partial charge on any atom is -0.379 e. The molecule has 1 heterocycles. The minimum atomic E-state index is -0.193. The third-order valence-corrected chi connectivity index (χ3v) is 3.63. The van der Waals surface area contributed by atoms with Crippen molar-refractivity contribution in [1.82, 2.24) is 5.32 Å². The number of ether oxygens (including phenoxy) is 1. The average Bonchev–Trinajstić information content (AvgIpc) is 2.90. The first kappa shape index (κ1) is 14.8. The van der Waals surface area contributed by atoms with Gasteiger partial charge in [0.25, 0.3) is 0 Å². The lowest BCUT2D eigenvalue weighted by Gasteiger charge is -2.19. The summed E-state index contributed by atoms with van der Waals surface area (Å²) in [6.07, 6.45) is 0.903. The van der Waals surface area contributed by atoms with Gasteiger partial charge in [-0.15, -0.1) is 0 Å². The Morgan fingerprint density at radius 1 is 1.40 bits per heavy atom. The zero-order chi connectivity index (χ0) is 14.4. The highest BCUT2D eigenvalue weighted by Crippen LogP contribution is 2.12. The van der Waals surface area contributed by atoms with Gasteiger partial charge in [0.15, 0.2) is 0 Å². The number of para-hydroxylation sites is 1. The van der Waals surface area contributed by atoms with E-state index in [0.717, 1.165) is 13.0 Å². The van der Waals surface area contributed by atoms with Gasteiger partial charge in [-0.25, -0.2) is 0 Å². The predicted molar refractivity (Wildman–Crippen MR) is 79.6 cm³/mol. The standard InChI is InChI=1S/C15H23N3O2/c1-18(12-6-3-2-4-7-12)9-5-8-17-15(19)13-10-20-11-14(13)16/h2-4,6-7,13-14H,5,8-11,16H2,1H3,(H,17,19). The second-order valence-corrected chi connectivity index (χ2v) is 5.21. The fourth-order valence-corrected chi connectivity index (χ4v) is 2.31. The lowest BCUT2D eigenvalue weighted by Crippen LogP contribution is -2.41. The van der Waals surface area contributed by atoms with E-state index >= 15 is 0 Å². The van der Waals surface area contributed by atoms with E-state index in [1.807, 2.05) is 18.2 Å². The quantitative estimate of drug-likeness (QED) is 0.747. The van der Waals surface area contributed by atoms with E-state index in [-0.39, 0.29) is 17.9 Å². The molecule has 0 saturated carbocycles. The van der Waals surface area contributed by atoms with Crippen LogP contribution in [0.25, 0.3) is 0 Å². The normalized spacial score (nSPS) is 21.7. The highest BCUT2D eigenvalue weighted by molar-refractivity contribution is 5.79. The van der Waals surface area contributed by atoms with Gasteiger partial charge in [0, 0.05) is 31.9 Å². The van der Waals surface area contributed by atoms with Crippen LogP contribution in [-0.2, 0) is 9.53 Å². The van der Waals surface area contributed by atoms with Crippen LogP contribution in [0.1, 0.15) is 6.42 Å². The van der Waals surface area contributed by atoms with E-state index in [1.165, 1.54) is 5.69 Å². The number of carbonyl (C=O) groups is 1. The molecule has 5 nitrogen and oxygen atoms in total. The Morgan fingerprint density at radius 2 is 2.15 bits per heavy atom. The summed E-state index contributed by atoms with van der Waals surface area (Å²) in [5.74, 6) is -0.181. The molecule has 0 aliphatic carbocycles. The van der Waals surface area contributed by atoms with Crippen molar-refractivity contribution < 1.29 is 9.53 Å². The van der Waals surface area contributed by atoms with Crippen molar-refractivity contribution in [2.24, 2.45) is 11.7 Å². The van der Waals surface area contributed by atoms with Crippen LogP contribution in [0.4, 0.5) is 5.69 Å². The van der Waals surface area contributed by atoms with Crippen molar-refractivity contribution in [3.8, 4) is 0 Å². The van der Waals surface area contributed by atoms with E-state index in [4.69, 9.17) is 10.5 Å². The number of nitrogens with one attached hydrogen (secondary N) is 1. The molecule has 1 saturated heterocycles. The van der Waals surface area contributed by atoms with Crippen LogP contribution in [-0.4, -0.2) is 45.3 Å². The molecule has 2 rings (SSSR count). The van der Waals surface area contributed by atoms with Crippen LogP contribution in [0.5, 0.6) is 0 Å². The predicted octanol–water partition coefficient (Wildman–Crippen LogP) is 0.603. The topological polar surface area (TPSA) is 67.6 Å². The summed E-state index contributed by atoms with van der Waals surface area (Å²) < 4.78 is 5.20. The van der Waals surface area contributed by atoms with Gasteiger partial charge in [0.2, 0.25) is 5.91 Å². The summed E-state index contributed by atoms with van der Waals surface area (Å²) in [7, 11) is 2.05. The van der Waals surface area contributed by atoms with Crippen molar-refractivity contribution in [3.05, 3.63) is 30.3 Å². The molecule has 1 fully saturated rings. The van der Waals surface area contributed by atoms with Crippen LogP contribution >= 0.6 is 0 Å². The largest absolute Gasteiger partial charge is 0.379 e. The molecule has 2 unspecified atom stereocenters. The Labute approximate surface area is 120 Å². The molecule has 0 spiro atoms. The van der Waals surface area contributed by atoms with Crippen LogP contribution in [0, 0.1) is 5.92 Å². The second kappa shape index (κ2) is 7.26. The Morgan fingerprint density at radius 3 is 2.80 bits per heavy atom. The van der Waals surface area contributed by atoms with Gasteiger partial charge in [0.05, 0.1) is 19.1 Å². The third-order valence-electron chi connectivity index (χ3n) is 3.63. The number of nitrogens with two attached hydrogens (primary N) is 1. The van der Waals surface area contributed by atoms with E-state index in [1.54, 1.807) is 0 Å². The Kier molecular flexibility index (Phi) is 5.38. The molecule has 1 aliphatic rings. The fraction of sp³-hybridized carbons (Fsp3) is 0.533. The molecule has 2 atom stereocenters. The number of anilines is 1. The Bertz CT molecular complexity index is 424. The van der Waals surface area contributed by atoms with Gasteiger partial charge < -0.3 is 20.7 Å². The van der Waals surface area contributed by atoms with Gasteiger partial charge in [0.1, 0.15) is 0 Å². The summed E-state index contributed by atoms with van der Waals surface area (Å²) in [4.78, 5) is 14.1. The molecule has 20 heavy (non-hydrogen) atoms. The number of nitrogens with zero attached hydrogens (tertiary/aromatic N) is 1. The number of amides is 1. The lowest BCUT2D eigenvalue weighted by molar-refractivity contribution is -0.125. The van der Waals surface area contributed by atoms with E-state index in [0.29, 0.717) is 19.8 Å². The van der Waals surface area contributed by atoms with Crippen molar-refractivity contribution in [2.45, 2.75) is 12.5 Å². The summed E-state index contributed by atoms with van der Waals surface area (Å²) in [6.45, 7) is 2.49. The highest BCUT2D eigenvalue weighted by Gasteiger charge is 2.30. The van der Waals surface area contributed by atoms with Gasteiger partial charge in [-0.05, 0) is 18.6 Å². The maximum absolute atomic E-state index is 11.9. The molecular formula is C15H23N3O2. The van der Waals surface area contributed by atoms with Gasteiger partial charge in [-0.2, -0.15) is 0 Å². The van der Waals surface area contributed by atoms with Gasteiger partial charge >= 0.3 is 0 Å². The average molecular weight is 277 g/mol. The van der Waals surface area contributed by atoms with E-state index < -0.39 is 0 Å². The maximum Gasteiger partial charge on any atom is 0.227 e. The second-order valence-electron chi connectivity index (χ2n) is 5.21. The summed E-state index contributed by atoms with van der Waals surface area (Å²) in [6, 6.07) is 10.0. The number of carbonyl (C=O) groups excluding carboxylic acids is 1. The Hall–Kier alpha value is -1.59. The molecule has 110 valence electrons. The molecule has 5 heteroatoms. The monoisotopic (exact) mass is 277 g/mol. The van der Waals surface area contributed by atoms with Crippen molar-refractivity contribution >= 4 is 11.6 Å². The zero-order valence-electron chi connectivity index (χ0n) is 11.9. The maximum atomic E-state index is 11.9. The smallest absolute Gasteiger partial charge is 0.227 e. The Balaban J connectivity index is 1.65. The van der Waals surface area contributed by atoms with Crippen molar-refractivity contribution in [2.75, 3.05) is 38.3 Å². The van der Waals surface area contributed by atoms with E-state index in [9.17, 15) is 4.79 Å². The minimum absolute atomic E-state index is 0.0114. The summed E-state index contributed by atoms with van der Waals surface area (Å²) >= 11 is 0. The first-order valence-corrected chi connectivity index (χ1v) is 7.05. The summed E-state index contributed by atoms with van der Waals surface area (Å²) in [5.41, 5.74) is 7.00. The molecular weight excluding hydrogens is 254 g/mol. The van der Waals surface area contributed by atoms with Crippen LogP contribution in [0.3, 0.4) is 0 Å².